The van der Waals surface area contributed by atoms with Gasteiger partial charge in [0.1, 0.15) is 11.5 Å². The van der Waals surface area contributed by atoms with Crippen LogP contribution in [0.5, 0.6) is 17.2 Å². The van der Waals surface area contributed by atoms with Gasteiger partial charge in [0, 0.05) is 5.02 Å². The summed E-state index contributed by atoms with van der Waals surface area (Å²) in [5.74, 6) is 0.645. The molecule has 0 aromatic heterocycles. The van der Waals surface area contributed by atoms with Gasteiger partial charge in [-0.1, -0.05) is 17.7 Å². The van der Waals surface area contributed by atoms with Crippen LogP contribution in [0.3, 0.4) is 0 Å². The van der Waals surface area contributed by atoms with Gasteiger partial charge < -0.3 is 20.3 Å². The van der Waals surface area contributed by atoms with Crippen LogP contribution in [0, 0.1) is 0 Å². The second-order valence-electron chi connectivity index (χ2n) is 4.54. The molecule has 0 aliphatic carbocycles. The van der Waals surface area contributed by atoms with Crippen LogP contribution in [0.15, 0.2) is 34.8 Å². The zero-order valence-corrected chi connectivity index (χ0v) is 13.9. The SMILES string of the molecule is COc1c(Br)cc(Cl)cc1NC(C)c1c(O)cccc1O. The Morgan fingerprint density at radius 1 is 1.24 bits per heavy atom. The van der Waals surface area contributed by atoms with Crippen molar-refractivity contribution in [3.63, 3.8) is 0 Å². The largest absolute Gasteiger partial charge is 0.507 e. The molecular formula is C15H15BrClNO3. The van der Waals surface area contributed by atoms with Crippen LogP contribution in [0.4, 0.5) is 5.69 Å². The topological polar surface area (TPSA) is 61.7 Å². The van der Waals surface area contributed by atoms with Crippen LogP contribution >= 0.6 is 27.5 Å². The fraction of sp³-hybridized carbons (Fsp3) is 0.200. The van der Waals surface area contributed by atoms with E-state index in [4.69, 9.17) is 16.3 Å². The molecule has 0 fully saturated rings. The first kappa shape index (κ1) is 15.8. The van der Waals surface area contributed by atoms with E-state index >= 15 is 0 Å². The zero-order chi connectivity index (χ0) is 15.6. The molecule has 0 radical (unpaired) electrons. The molecule has 0 saturated carbocycles. The van der Waals surface area contributed by atoms with Gasteiger partial charge in [0.05, 0.1) is 28.9 Å². The van der Waals surface area contributed by atoms with Gasteiger partial charge in [-0.3, -0.25) is 0 Å². The summed E-state index contributed by atoms with van der Waals surface area (Å²) in [6.45, 7) is 1.82. The zero-order valence-electron chi connectivity index (χ0n) is 11.5. The second kappa shape index (κ2) is 6.45. The summed E-state index contributed by atoms with van der Waals surface area (Å²) in [7, 11) is 1.56. The molecule has 2 aromatic carbocycles. The van der Waals surface area contributed by atoms with E-state index in [0.29, 0.717) is 26.5 Å². The van der Waals surface area contributed by atoms with E-state index in [0.717, 1.165) is 0 Å². The minimum Gasteiger partial charge on any atom is -0.507 e. The Labute approximate surface area is 136 Å². The van der Waals surface area contributed by atoms with Gasteiger partial charge in [0.15, 0.2) is 5.75 Å². The first-order chi connectivity index (χ1) is 9.93. The Kier molecular flexibility index (Phi) is 4.85. The van der Waals surface area contributed by atoms with E-state index in [-0.39, 0.29) is 17.5 Å². The van der Waals surface area contributed by atoms with Gasteiger partial charge >= 0.3 is 0 Å². The molecule has 0 aliphatic heterocycles. The van der Waals surface area contributed by atoms with Crippen molar-refractivity contribution in [2.45, 2.75) is 13.0 Å². The Bertz CT molecular complexity index is 643. The molecule has 4 nitrogen and oxygen atoms in total. The number of aromatic hydroxyl groups is 2. The number of nitrogens with one attached hydrogen (secondary N) is 1. The summed E-state index contributed by atoms with van der Waals surface area (Å²) >= 11 is 9.43. The lowest BCUT2D eigenvalue weighted by Gasteiger charge is -2.20. The van der Waals surface area contributed by atoms with Gasteiger partial charge in [0.25, 0.3) is 0 Å². The fourth-order valence-electron chi connectivity index (χ4n) is 2.17. The van der Waals surface area contributed by atoms with Gasteiger partial charge in [-0.2, -0.15) is 0 Å². The van der Waals surface area contributed by atoms with Crippen molar-refractivity contribution < 1.29 is 14.9 Å². The molecule has 3 N–H and O–H groups in total. The summed E-state index contributed by atoms with van der Waals surface area (Å²) in [4.78, 5) is 0. The number of anilines is 1. The van der Waals surface area contributed by atoms with Crippen molar-refractivity contribution in [1.29, 1.82) is 0 Å². The molecule has 1 unspecified atom stereocenters. The van der Waals surface area contributed by atoms with Crippen molar-refractivity contribution in [3.05, 3.63) is 45.4 Å². The maximum atomic E-state index is 9.91. The summed E-state index contributed by atoms with van der Waals surface area (Å²) in [5.41, 5.74) is 1.07. The molecule has 2 rings (SSSR count). The van der Waals surface area contributed by atoms with Crippen LogP contribution in [0.1, 0.15) is 18.5 Å². The third kappa shape index (κ3) is 3.36. The van der Waals surface area contributed by atoms with Crippen molar-refractivity contribution in [1.82, 2.24) is 0 Å². The molecule has 0 aliphatic rings. The van der Waals surface area contributed by atoms with Crippen molar-refractivity contribution in [2.75, 3.05) is 12.4 Å². The number of rotatable bonds is 4. The molecule has 112 valence electrons. The van der Waals surface area contributed by atoms with Crippen molar-refractivity contribution in [2.24, 2.45) is 0 Å². The molecule has 1 atom stereocenters. The van der Waals surface area contributed by atoms with E-state index in [2.05, 4.69) is 21.2 Å². The highest BCUT2D eigenvalue weighted by atomic mass is 79.9. The van der Waals surface area contributed by atoms with Crippen molar-refractivity contribution >= 4 is 33.2 Å². The Hall–Kier alpha value is -1.59. The number of phenols is 2. The molecule has 21 heavy (non-hydrogen) atoms. The average molecular weight is 373 g/mol. The van der Waals surface area contributed by atoms with Gasteiger partial charge in [-0.05, 0) is 47.1 Å². The monoisotopic (exact) mass is 371 g/mol. The number of hydrogen-bond donors (Lipinski definition) is 3. The third-order valence-corrected chi connectivity index (χ3v) is 3.88. The van der Waals surface area contributed by atoms with Gasteiger partial charge in [-0.25, -0.2) is 0 Å². The number of phenolic OH excluding ortho intramolecular Hbond substituents is 2. The molecule has 0 spiro atoms. The lowest BCUT2D eigenvalue weighted by atomic mass is 10.1. The Morgan fingerprint density at radius 2 is 1.86 bits per heavy atom. The minimum absolute atomic E-state index is 0.0232. The summed E-state index contributed by atoms with van der Waals surface area (Å²) in [5, 5.41) is 23.5. The normalized spacial score (nSPS) is 12.0. The fourth-order valence-corrected chi connectivity index (χ4v) is 3.14. The molecule has 0 saturated heterocycles. The highest BCUT2D eigenvalue weighted by Crippen LogP contribution is 2.40. The molecule has 6 heteroatoms. The average Bonchev–Trinajstić information content (AvgIpc) is 2.37. The predicted molar refractivity (Wildman–Crippen MR) is 87.5 cm³/mol. The first-order valence-corrected chi connectivity index (χ1v) is 7.41. The minimum atomic E-state index is -0.342. The predicted octanol–water partition coefficient (Wildman–Crippen LogP) is 4.70. The van der Waals surface area contributed by atoms with E-state index in [1.807, 2.05) is 6.92 Å². The summed E-state index contributed by atoms with van der Waals surface area (Å²) in [6.07, 6.45) is 0. The first-order valence-electron chi connectivity index (χ1n) is 6.24. The second-order valence-corrected chi connectivity index (χ2v) is 5.84. The lowest BCUT2D eigenvalue weighted by Crippen LogP contribution is -2.08. The number of hydrogen-bond acceptors (Lipinski definition) is 4. The van der Waals surface area contributed by atoms with Gasteiger partial charge in [0.2, 0.25) is 0 Å². The highest BCUT2D eigenvalue weighted by Gasteiger charge is 2.18. The Balaban J connectivity index is 2.38. The van der Waals surface area contributed by atoms with Crippen LogP contribution in [-0.4, -0.2) is 17.3 Å². The van der Waals surface area contributed by atoms with Crippen molar-refractivity contribution in [3.8, 4) is 17.2 Å². The lowest BCUT2D eigenvalue weighted by molar-refractivity contribution is 0.412. The van der Waals surface area contributed by atoms with Crippen LogP contribution in [0.2, 0.25) is 5.02 Å². The maximum absolute atomic E-state index is 9.91. The molecular weight excluding hydrogens is 358 g/mol. The number of ether oxygens (including phenoxy) is 1. The van der Waals surface area contributed by atoms with Gasteiger partial charge in [-0.15, -0.1) is 0 Å². The van der Waals surface area contributed by atoms with E-state index in [1.54, 1.807) is 25.3 Å². The third-order valence-electron chi connectivity index (χ3n) is 3.08. The number of benzene rings is 2. The summed E-state index contributed by atoms with van der Waals surface area (Å²) in [6, 6.07) is 7.74. The van der Waals surface area contributed by atoms with Crippen LogP contribution in [-0.2, 0) is 0 Å². The maximum Gasteiger partial charge on any atom is 0.156 e. The molecule has 0 amide bonds. The standard InChI is InChI=1S/C15H15BrClNO3/c1-8(14-12(19)4-3-5-13(14)20)18-11-7-9(17)6-10(16)15(11)21-2/h3-8,18-20H,1-2H3. The Morgan fingerprint density at radius 3 is 2.43 bits per heavy atom. The number of halogens is 2. The molecule has 0 heterocycles. The highest BCUT2D eigenvalue weighted by molar-refractivity contribution is 9.10. The van der Waals surface area contributed by atoms with E-state index in [1.165, 1.54) is 12.1 Å². The smallest absolute Gasteiger partial charge is 0.156 e. The number of methoxy groups -OCH3 is 1. The summed E-state index contributed by atoms with van der Waals surface area (Å²) < 4.78 is 6.05. The quantitative estimate of drug-likeness (QED) is 0.728. The van der Waals surface area contributed by atoms with E-state index < -0.39 is 0 Å². The van der Waals surface area contributed by atoms with Crippen LogP contribution in [0.25, 0.3) is 0 Å². The molecule has 2 aromatic rings. The van der Waals surface area contributed by atoms with Crippen LogP contribution < -0.4 is 10.1 Å². The van der Waals surface area contributed by atoms with E-state index in [9.17, 15) is 10.2 Å². The molecule has 0 bridgehead atoms.